The maximum absolute atomic E-state index is 15.0. The van der Waals surface area contributed by atoms with E-state index in [1.807, 2.05) is 11.8 Å². The number of nitrogens with zero attached hydrogens (tertiary/aromatic N) is 3. The minimum absolute atomic E-state index is 0.00659. The van der Waals surface area contributed by atoms with E-state index in [9.17, 15) is 18.8 Å². The fourth-order valence-electron chi connectivity index (χ4n) is 4.80. The van der Waals surface area contributed by atoms with Gasteiger partial charge in [-0.25, -0.2) is 4.39 Å². The molecule has 3 N–H and O–H groups in total. The van der Waals surface area contributed by atoms with Crippen LogP contribution >= 0.6 is 0 Å². The van der Waals surface area contributed by atoms with Crippen molar-refractivity contribution >= 4 is 23.4 Å². The van der Waals surface area contributed by atoms with Crippen LogP contribution in [0.1, 0.15) is 86.0 Å². The molecular formula is C27H46FN5O3. The van der Waals surface area contributed by atoms with Gasteiger partial charge in [0, 0.05) is 56.9 Å². The van der Waals surface area contributed by atoms with E-state index in [0.29, 0.717) is 62.6 Å². The van der Waals surface area contributed by atoms with Gasteiger partial charge >= 0.3 is 0 Å². The van der Waals surface area contributed by atoms with Gasteiger partial charge < -0.3 is 20.9 Å². The first-order chi connectivity index (χ1) is 17.0. The number of aliphatic imine (C=N–C) groups is 1. The molecule has 2 atom stereocenters. The van der Waals surface area contributed by atoms with Crippen molar-refractivity contribution in [3.63, 3.8) is 0 Å². The highest BCUT2D eigenvalue weighted by atomic mass is 19.1. The Labute approximate surface area is 215 Å². The molecule has 1 saturated carbocycles. The maximum Gasteiger partial charge on any atom is 0.270 e. The third-order valence-corrected chi connectivity index (χ3v) is 7.36. The Morgan fingerprint density at radius 1 is 1.25 bits per heavy atom. The van der Waals surface area contributed by atoms with Crippen molar-refractivity contribution in [3.05, 3.63) is 11.3 Å². The van der Waals surface area contributed by atoms with Crippen LogP contribution in [-0.4, -0.2) is 77.7 Å². The predicted octanol–water partition coefficient (Wildman–Crippen LogP) is 3.35. The number of carbonyl (C=O) groups excluding carboxylic acids is 3. The molecule has 2 aliphatic rings. The van der Waals surface area contributed by atoms with Crippen LogP contribution < -0.4 is 11.1 Å². The number of amides is 3. The van der Waals surface area contributed by atoms with Crippen molar-refractivity contribution in [1.29, 1.82) is 0 Å². The average molecular weight is 508 g/mol. The standard InChI is InChI=1S/C27H46FN5O3/c1-6-13-32(14-9-19(3)7-2)24(35)18-30-23-8-12-27(5,28)17-22(23)25(29)26(36)33-15-10-21(11-16-33)31-20(4)34/h19,21H,6-18,29H2,1-5H3,(H,31,34)/b25-22-,30-23?. The van der Waals surface area contributed by atoms with Gasteiger partial charge in [-0.15, -0.1) is 0 Å². The Balaban J connectivity index is 2.15. The molecule has 0 aromatic heterocycles. The second-order valence-corrected chi connectivity index (χ2v) is 10.7. The van der Waals surface area contributed by atoms with Gasteiger partial charge in [0.2, 0.25) is 11.8 Å². The van der Waals surface area contributed by atoms with Crippen molar-refractivity contribution in [2.75, 3.05) is 32.7 Å². The van der Waals surface area contributed by atoms with Crippen LogP contribution in [0.2, 0.25) is 0 Å². The summed E-state index contributed by atoms with van der Waals surface area (Å²) in [6, 6.07) is 0.0405. The van der Waals surface area contributed by atoms with E-state index in [1.165, 1.54) is 13.8 Å². The summed E-state index contributed by atoms with van der Waals surface area (Å²) in [5.74, 6) is 0.0843. The maximum atomic E-state index is 15.0. The summed E-state index contributed by atoms with van der Waals surface area (Å²) in [6.07, 6.45) is 4.81. The zero-order valence-corrected chi connectivity index (χ0v) is 22.9. The summed E-state index contributed by atoms with van der Waals surface area (Å²) < 4.78 is 15.0. The molecule has 0 aromatic rings. The van der Waals surface area contributed by atoms with Gasteiger partial charge in [-0.1, -0.05) is 27.2 Å². The third-order valence-electron chi connectivity index (χ3n) is 7.36. The van der Waals surface area contributed by atoms with Crippen molar-refractivity contribution in [1.82, 2.24) is 15.1 Å². The van der Waals surface area contributed by atoms with E-state index in [0.717, 1.165) is 19.3 Å². The lowest BCUT2D eigenvalue weighted by Gasteiger charge is -2.34. The summed E-state index contributed by atoms with van der Waals surface area (Å²) in [6.45, 7) is 11.7. The van der Waals surface area contributed by atoms with E-state index in [-0.39, 0.29) is 48.8 Å². The SMILES string of the molecule is CCCN(CCC(C)CC)C(=O)CN=C1CCC(C)(F)C/C1=C(/N)C(=O)N1CCC(NC(C)=O)CC1. The predicted molar refractivity (Wildman–Crippen MR) is 141 cm³/mol. The summed E-state index contributed by atoms with van der Waals surface area (Å²) in [5, 5.41) is 2.89. The Kier molecular flexibility index (Phi) is 11.4. The molecular weight excluding hydrogens is 461 g/mol. The minimum atomic E-state index is -1.48. The average Bonchev–Trinajstić information content (AvgIpc) is 2.84. The van der Waals surface area contributed by atoms with Crippen LogP contribution in [0.5, 0.6) is 0 Å². The summed E-state index contributed by atoms with van der Waals surface area (Å²) in [7, 11) is 0. The number of rotatable bonds is 10. The molecule has 36 heavy (non-hydrogen) atoms. The highest BCUT2D eigenvalue weighted by Gasteiger charge is 2.36. The van der Waals surface area contributed by atoms with E-state index >= 15 is 0 Å². The molecule has 0 spiro atoms. The molecule has 1 saturated heterocycles. The molecule has 9 heteroatoms. The van der Waals surface area contributed by atoms with E-state index < -0.39 is 5.67 Å². The number of hydrogen-bond acceptors (Lipinski definition) is 5. The van der Waals surface area contributed by atoms with Gasteiger partial charge in [0.1, 0.15) is 17.9 Å². The summed E-state index contributed by atoms with van der Waals surface area (Å²) in [4.78, 5) is 45.6. The van der Waals surface area contributed by atoms with Gasteiger partial charge in [0.05, 0.1) is 0 Å². The molecule has 204 valence electrons. The van der Waals surface area contributed by atoms with Crippen LogP contribution in [0.3, 0.4) is 0 Å². The number of halogens is 1. The molecule has 3 amide bonds. The smallest absolute Gasteiger partial charge is 0.270 e. The van der Waals surface area contributed by atoms with Crippen LogP contribution in [0.25, 0.3) is 0 Å². The van der Waals surface area contributed by atoms with Crippen molar-refractivity contribution in [2.45, 2.75) is 97.7 Å². The summed E-state index contributed by atoms with van der Waals surface area (Å²) >= 11 is 0. The first-order valence-corrected chi connectivity index (χ1v) is 13.5. The number of piperidine rings is 1. The normalized spacial score (nSPS) is 24.4. The lowest BCUT2D eigenvalue weighted by atomic mass is 9.81. The van der Waals surface area contributed by atoms with Crippen LogP contribution in [0, 0.1) is 5.92 Å². The highest BCUT2D eigenvalue weighted by Crippen LogP contribution is 2.34. The first kappa shape index (κ1) is 29.8. The molecule has 0 aromatic carbocycles. The zero-order valence-electron chi connectivity index (χ0n) is 22.9. The minimum Gasteiger partial charge on any atom is -0.394 e. The molecule has 2 fully saturated rings. The van der Waals surface area contributed by atoms with Gasteiger partial charge in [0.25, 0.3) is 5.91 Å². The van der Waals surface area contributed by atoms with Crippen molar-refractivity contribution in [2.24, 2.45) is 16.6 Å². The van der Waals surface area contributed by atoms with Gasteiger partial charge in [0.15, 0.2) is 0 Å². The quantitative estimate of drug-likeness (QED) is 0.442. The molecule has 1 heterocycles. The second-order valence-electron chi connectivity index (χ2n) is 10.7. The van der Waals surface area contributed by atoms with Gasteiger partial charge in [-0.3, -0.25) is 19.4 Å². The molecule has 0 radical (unpaired) electrons. The highest BCUT2D eigenvalue weighted by molar-refractivity contribution is 6.08. The molecule has 1 aliphatic heterocycles. The number of likely N-dealkylation sites (tertiary alicyclic amines) is 1. The first-order valence-electron chi connectivity index (χ1n) is 13.5. The fourth-order valence-corrected chi connectivity index (χ4v) is 4.80. The van der Waals surface area contributed by atoms with Crippen LogP contribution in [0.15, 0.2) is 16.3 Å². The third kappa shape index (κ3) is 8.89. The number of nitrogens with two attached hydrogens (primary N) is 1. The number of alkyl halides is 1. The molecule has 2 unspecified atom stereocenters. The Bertz CT molecular complexity index is 846. The van der Waals surface area contributed by atoms with Gasteiger partial charge in [-0.2, -0.15) is 0 Å². The fraction of sp³-hybridized carbons (Fsp3) is 0.778. The van der Waals surface area contributed by atoms with E-state index in [2.05, 4.69) is 24.2 Å². The van der Waals surface area contributed by atoms with Gasteiger partial charge in [-0.05, 0) is 51.4 Å². The lowest BCUT2D eigenvalue weighted by molar-refractivity contribution is -0.130. The number of nitrogens with one attached hydrogen (secondary N) is 1. The zero-order chi connectivity index (χ0) is 26.9. The molecule has 1 aliphatic carbocycles. The molecule has 0 bridgehead atoms. The topological polar surface area (TPSA) is 108 Å². The lowest BCUT2D eigenvalue weighted by Crippen LogP contribution is -2.47. The van der Waals surface area contributed by atoms with Crippen LogP contribution in [0.4, 0.5) is 4.39 Å². The molecule has 8 nitrogen and oxygen atoms in total. The van der Waals surface area contributed by atoms with Crippen molar-refractivity contribution in [3.8, 4) is 0 Å². The van der Waals surface area contributed by atoms with E-state index in [1.54, 1.807) is 4.90 Å². The van der Waals surface area contributed by atoms with E-state index in [4.69, 9.17) is 5.73 Å². The largest absolute Gasteiger partial charge is 0.394 e. The second kappa shape index (κ2) is 13.7. The Hall–Kier alpha value is -2.45. The van der Waals surface area contributed by atoms with Crippen LogP contribution in [-0.2, 0) is 14.4 Å². The monoisotopic (exact) mass is 507 g/mol. The molecule has 2 rings (SSSR count). The summed E-state index contributed by atoms with van der Waals surface area (Å²) in [5.41, 5.74) is 5.87. The number of allylic oxidation sites excluding steroid dienone is 1. The number of carbonyl (C=O) groups is 3. The Morgan fingerprint density at radius 3 is 2.50 bits per heavy atom. The van der Waals surface area contributed by atoms with Crippen molar-refractivity contribution < 1.29 is 18.8 Å². The number of hydrogen-bond donors (Lipinski definition) is 2. The Morgan fingerprint density at radius 2 is 1.92 bits per heavy atom.